The van der Waals surface area contributed by atoms with Crippen molar-refractivity contribution in [3.05, 3.63) is 78.0 Å². The van der Waals surface area contributed by atoms with Crippen molar-refractivity contribution < 1.29 is 4.84 Å². The van der Waals surface area contributed by atoms with Gasteiger partial charge in [0.25, 0.3) is 0 Å². The summed E-state index contributed by atoms with van der Waals surface area (Å²) in [5.74, 6) is 0. The Labute approximate surface area is 121 Å². The fourth-order valence-corrected chi connectivity index (χ4v) is 2.36. The van der Waals surface area contributed by atoms with Crippen molar-refractivity contribution >= 4 is 5.70 Å². The van der Waals surface area contributed by atoms with Crippen LogP contribution in [0, 0.1) is 0 Å². The Morgan fingerprint density at radius 1 is 1.25 bits per heavy atom. The first-order valence-corrected chi connectivity index (χ1v) is 6.89. The standard InChI is InChI=1S/C18H21NO/c1-5-12-20-19-15(4)16(6-2)13-14(3)18(19)17-10-8-7-9-11-17/h5,7-11,13H,1,4,6,12H2,2-3H3. The lowest BCUT2D eigenvalue weighted by Crippen LogP contribution is -2.26. The summed E-state index contributed by atoms with van der Waals surface area (Å²) in [6.07, 6.45) is 4.87. The summed E-state index contributed by atoms with van der Waals surface area (Å²) in [7, 11) is 0. The average molecular weight is 267 g/mol. The van der Waals surface area contributed by atoms with Crippen molar-refractivity contribution in [2.75, 3.05) is 6.61 Å². The van der Waals surface area contributed by atoms with Crippen molar-refractivity contribution in [2.45, 2.75) is 20.3 Å². The smallest absolute Gasteiger partial charge is 0.0932 e. The fourth-order valence-electron chi connectivity index (χ4n) is 2.36. The molecular weight excluding hydrogens is 246 g/mol. The summed E-state index contributed by atoms with van der Waals surface area (Å²) in [4.78, 5) is 5.83. The molecule has 0 aromatic heterocycles. The third-order valence-electron chi connectivity index (χ3n) is 3.33. The van der Waals surface area contributed by atoms with E-state index in [1.165, 1.54) is 11.1 Å². The Balaban J connectivity index is 2.49. The summed E-state index contributed by atoms with van der Waals surface area (Å²) in [5.41, 5.74) is 5.46. The Morgan fingerprint density at radius 3 is 2.55 bits per heavy atom. The lowest BCUT2D eigenvalue weighted by atomic mass is 9.97. The van der Waals surface area contributed by atoms with Crippen molar-refractivity contribution in [1.82, 2.24) is 5.06 Å². The molecular formula is C18H21NO. The molecule has 0 N–H and O–H groups in total. The third-order valence-corrected chi connectivity index (χ3v) is 3.33. The highest BCUT2D eigenvalue weighted by Gasteiger charge is 2.23. The zero-order valence-electron chi connectivity index (χ0n) is 12.2. The lowest BCUT2D eigenvalue weighted by Gasteiger charge is -2.33. The van der Waals surface area contributed by atoms with Crippen molar-refractivity contribution in [2.24, 2.45) is 0 Å². The molecule has 1 heterocycles. The second-order valence-electron chi connectivity index (χ2n) is 4.75. The first kappa shape index (κ1) is 14.4. The van der Waals surface area contributed by atoms with E-state index < -0.39 is 0 Å². The molecule has 1 aliphatic rings. The number of benzene rings is 1. The van der Waals surface area contributed by atoms with E-state index in [9.17, 15) is 0 Å². The van der Waals surface area contributed by atoms with Gasteiger partial charge in [0.05, 0.1) is 18.0 Å². The van der Waals surface area contributed by atoms with Gasteiger partial charge in [-0.2, -0.15) is 0 Å². The van der Waals surface area contributed by atoms with Crippen LogP contribution < -0.4 is 0 Å². The van der Waals surface area contributed by atoms with Gasteiger partial charge < -0.3 is 0 Å². The highest BCUT2D eigenvalue weighted by Crippen LogP contribution is 2.35. The van der Waals surface area contributed by atoms with Gasteiger partial charge >= 0.3 is 0 Å². The molecule has 0 amide bonds. The maximum absolute atomic E-state index is 5.83. The molecule has 0 fully saturated rings. The maximum atomic E-state index is 5.83. The van der Waals surface area contributed by atoms with Crippen molar-refractivity contribution in [1.29, 1.82) is 0 Å². The van der Waals surface area contributed by atoms with Gasteiger partial charge in [-0.1, -0.05) is 56.0 Å². The minimum atomic E-state index is 0.458. The molecule has 104 valence electrons. The number of hydrogen-bond acceptors (Lipinski definition) is 2. The highest BCUT2D eigenvalue weighted by atomic mass is 16.7. The first-order chi connectivity index (χ1) is 9.69. The maximum Gasteiger partial charge on any atom is 0.0932 e. The number of hydrogen-bond donors (Lipinski definition) is 0. The topological polar surface area (TPSA) is 12.5 Å². The number of allylic oxidation sites excluding steroid dienone is 3. The molecule has 1 aromatic carbocycles. The Bertz CT molecular complexity index is 566. The van der Waals surface area contributed by atoms with Gasteiger partial charge in [0.1, 0.15) is 0 Å². The van der Waals surface area contributed by atoms with Gasteiger partial charge in [0.2, 0.25) is 0 Å². The normalized spacial score (nSPS) is 15.4. The van der Waals surface area contributed by atoms with Crippen LogP contribution in [0.3, 0.4) is 0 Å². The summed E-state index contributed by atoms with van der Waals surface area (Å²) < 4.78 is 0. The van der Waals surface area contributed by atoms with Crippen molar-refractivity contribution in [3.8, 4) is 0 Å². The molecule has 0 bridgehead atoms. The van der Waals surface area contributed by atoms with Gasteiger partial charge in [-0.3, -0.25) is 4.84 Å². The predicted octanol–water partition coefficient (Wildman–Crippen LogP) is 4.70. The molecule has 20 heavy (non-hydrogen) atoms. The Kier molecular flexibility index (Phi) is 4.59. The van der Waals surface area contributed by atoms with E-state index in [4.69, 9.17) is 4.84 Å². The number of rotatable bonds is 5. The number of hydroxylamine groups is 2. The summed E-state index contributed by atoms with van der Waals surface area (Å²) in [6.45, 7) is 12.6. The van der Waals surface area contributed by atoms with Crippen LogP contribution in [0.4, 0.5) is 0 Å². The third kappa shape index (κ3) is 2.75. The van der Waals surface area contributed by atoms with Crippen LogP contribution in [0.15, 0.2) is 72.5 Å². The minimum Gasteiger partial charge on any atom is -0.264 e. The molecule has 2 rings (SSSR count). The van der Waals surface area contributed by atoms with Crippen LogP contribution >= 0.6 is 0 Å². The van der Waals surface area contributed by atoms with Crippen LogP contribution in [0.2, 0.25) is 0 Å². The van der Waals surface area contributed by atoms with Crippen LogP contribution in [0.5, 0.6) is 0 Å². The van der Waals surface area contributed by atoms with Gasteiger partial charge in [0, 0.05) is 5.56 Å². The largest absolute Gasteiger partial charge is 0.264 e. The predicted molar refractivity (Wildman–Crippen MR) is 84.5 cm³/mol. The first-order valence-electron chi connectivity index (χ1n) is 6.89. The average Bonchev–Trinajstić information content (AvgIpc) is 2.48. The minimum absolute atomic E-state index is 0.458. The Morgan fingerprint density at radius 2 is 1.95 bits per heavy atom. The van der Waals surface area contributed by atoms with E-state index in [1.54, 1.807) is 6.08 Å². The summed E-state index contributed by atoms with van der Waals surface area (Å²) in [5, 5.41) is 1.84. The van der Waals surface area contributed by atoms with Gasteiger partial charge in [-0.15, -0.1) is 6.58 Å². The molecule has 0 saturated heterocycles. The van der Waals surface area contributed by atoms with E-state index in [0.717, 1.165) is 23.4 Å². The fraction of sp³-hybridized carbons (Fsp3) is 0.222. The second-order valence-corrected chi connectivity index (χ2v) is 4.75. The highest BCUT2D eigenvalue weighted by molar-refractivity contribution is 5.73. The van der Waals surface area contributed by atoms with Crippen LogP contribution in [-0.4, -0.2) is 11.7 Å². The molecule has 2 nitrogen and oxygen atoms in total. The van der Waals surface area contributed by atoms with Gasteiger partial charge in [-0.25, -0.2) is 5.06 Å². The zero-order chi connectivity index (χ0) is 14.5. The second kappa shape index (κ2) is 6.40. The van der Waals surface area contributed by atoms with E-state index >= 15 is 0 Å². The Hall–Kier alpha value is -2.06. The van der Waals surface area contributed by atoms with Crippen LogP contribution in [-0.2, 0) is 4.84 Å². The van der Waals surface area contributed by atoms with E-state index in [0.29, 0.717) is 6.61 Å². The molecule has 0 aliphatic carbocycles. The molecule has 0 spiro atoms. The van der Waals surface area contributed by atoms with E-state index in [1.807, 2.05) is 23.3 Å². The molecule has 0 atom stereocenters. The SMILES string of the molecule is C=CCON1C(=C)C(CC)=CC(C)=C1c1ccccc1. The molecule has 0 saturated carbocycles. The molecule has 1 aromatic rings. The zero-order valence-corrected chi connectivity index (χ0v) is 12.2. The van der Waals surface area contributed by atoms with Crippen LogP contribution in [0.1, 0.15) is 25.8 Å². The van der Waals surface area contributed by atoms with E-state index in [-0.39, 0.29) is 0 Å². The monoisotopic (exact) mass is 267 g/mol. The van der Waals surface area contributed by atoms with Gasteiger partial charge in [0.15, 0.2) is 0 Å². The van der Waals surface area contributed by atoms with Crippen molar-refractivity contribution in [3.63, 3.8) is 0 Å². The quantitative estimate of drug-likeness (QED) is 0.717. The molecule has 1 aliphatic heterocycles. The molecule has 0 radical (unpaired) electrons. The molecule has 0 unspecified atom stereocenters. The summed E-state index contributed by atoms with van der Waals surface area (Å²) in [6, 6.07) is 10.2. The lowest BCUT2D eigenvalue weighted by molar-refractivity contribution is -0.0657. The summed E-state index contributed by atoms with van der Waals surface area (Å²) >= 11 is 0. The van der Waals surface area contributed by atoms with Crippen LogP contribution in [0.25, 0.3) is 5.70 Å². The number of nitrogens with zero attached hydrogens (tertiary/aromatic N) is 1. The van der Waals surface area contributed by atoms with E-state index in [2.05, 4.69) is 45.2 Å². The van der Waals surface area contributed by atoms with Gasteiger partial charge in [-0.05, 0) is 24.5 Å². The molecule has 2 heteroatoms.